The fraction of sp³-hybridized carbons (Fsp3) is 0.192. The van der Waals surface area contributed by atoms with E-state index < -0.39 is 5.97 Å². The maximum Gasteiger partial charge on any atom is 0.353 e. The van der Waals surface area contributed by atoms with Crippen molar-refractivity contribution in [1.29, 1.82) is 0 Å². The van der Waals surface area contributed by atoms with Crippen molar-refractivity contribution in [3.63, 3.8) is 0 Å². The lowest BCUT2D eigenvalue weighted by molar-refractivity contribution is 0.0686. The van der Waals surface area contributed by atoms with Gasteiger partial charge in [-0.1, -0.05) is 65.7 Å². The molecule has 1 heterocycles. The molecule has 0 saturated carbocycles. The standard InChI is InChI=1S/C26H24Cl2N2O3/c27-18-11-12-23(21(28)15-18)33-14-6-5-13-30-22-10-4-3-9-20(22)24(25(30)26(31)32)19-8-2-1-7-17(19)16-29/h1-4,7-12,15H,5-6,13-14,16,29H2,(H,31,32). The Balaban J connectivity index is 1.60. The number of carboxylic acid groups (broad SMARTS) is 1. The van der Waals surface area contributed by atoms with E-state index in [0.29, 0.717) is 41.1 Å². The zero-order valence-corrected chi connectivity index (χ0v) is 19.4. The van der Waals surface area contributed by atoms with Crippen LogP contribution in [0.4, 0.5) is 0 Å². The average molecular weight is 483 g/mol. The highest BCUT2D eigenvalue weighted by Crippen LogP contribution is 2.37. The Morgan fingerprint density at radius 1 is 1.00 bits per heavy atom. The SMILES string of the molecule is NCc1ccccc1-c1c(C(=O)O)n(CCCCOc2ccc(Cl)cc2Cl)c2ccccc12. The molecule has 7 heteroatoms. The molecule has 33 heavy (non-hydrogen) atoms. The topological polar surface area (TPSA) is 77.5 Å². The summed E-state index contributed by atoms with van der Waals surface area (Å²) in [6.07, 6.45) is 1.47. The molecule has 4 rings (SSSR count). The van der Waals surface area contributed by atoms with E-state index in [2.05, 4.69) is 0 Å². The summed E-state index contributed by atoms with van der Waals surface area (Å²) in [6.45, 7) is 1.34. The van der Waals surface area contributed by atoms with Crippen molar-refractivity contribution >= 4 is 40.1 Å². The van der Waals surface area contributed by atoms with Gasteiger partial charge < -0.3 is 20.1 Å². The van der Waals surface area contributed by atoms with E-state index in [1.54, 1.807) is 18.2 Å². The summed E-state index contributed by atoms with van der Waals surface area (Å²) in [7, 11) is 0. The summed E-state index contributed by atoms with van der Waals surface area (Å²) in [6, 6.07) is 20.6. The number of carboxylic acids is 1. The van der Waals surface area contributed by atoms with E-state index in [-0.39, 0.29) is 5.69 Å². The van der Waals surface area contributed by atoms with Gasteiger partial charge >= 0.3 is 5.97 Å². The third-order valence-corrected chi connectivity index (χ3v) is 6.14. The summed E-state index contributed by atoms with van der Waals surface area (Å²) in [5, 5.41) is 12.1. The first-order valence-electron chi connectivity index (χ1n) is 10.7. The number of unbranched alkanes of at least 4 members (excludes halogenated alkanes) is 1. The largest absolute Gasteiger partial charge is 0.492 e. The summed E-state index contributed by atoms with van der Waals surface area (Å²) in [5.74, 6) is -0.378. The molecule has 0 saturated heterocycles. The van der Waals surface area contributed by atoms with Gasteiger partial charge in [0.2, 0.25) is 0 Å². The molecule has 170 valence electrons. The molecule has 4 aromatic rings. The van der Waals surface area contributed by atoms with Crippen LogP contribution in [0, 0.1) is 0 Å². The third kappa shape index (κ3) is 4.86. The van der Waals surface area contributed by atoms with Crippen LogP contribution in [0.1, 0.15) is 28.9 Å². The molecule has 0 radical (unpaired) electrons. The second-order valence-corrected chi connectivity index (χ2v) is 8.53. The smallest absolute Gasteiger partial charge is 0.353 e. The van der Waals surface area contributed by atoms with E-state index >= 15 is 0 Å². The van der Waals surface area contributed by atoms with Crippen LogP contribution in [-0.2, 0) is 13.1 Å². The molecule has 0 aliphatic rings. The lowest BCUT2D eigenvalue weighted by atomic mass is 9.97. The van der Waals surface area contributed by atoms with Crippen LogP contribution in [0.3, 0.4) is 0 Å². The van der Waals surface area contributed by atoms with Crippen molar-refractivity contribution < 1.29 is 14.6 Å². The molecule has 1 aromatic heterocycles. The molecular weight excluding hydrogens is 459 g/mol. The van der Waals surface area contributed by atoms with Crippen molar-refractivity contribution in [3.8, 4) is 16.9 Å². The zero-order chi connectivity index (χ0) is 23.4. The van der Waals surface area contributed by atoms with Gasteiger partial charge in [-0.05, 0) is 48.2 Å². The van der Waals surface area contributed by atoms with Crippen LogP contribution in [0.2, 0.25) is 10.0 Å². The fourth-order valence-corrected chi connectivity index (χ4v) is 4.58. The van der Waals surface area contributed by atoms with Gasteiger partial charge in [-0.2, -0.15) is 0 Å². The van der Waals surface area contributed by atoms with Gasteiger partial charge in [-0.15, -0.1) is 0 Å². The highest BCUT2D eigenvalue weighted by molar-refractivity contribution is 6.35. The number of nitrogens with zero attached hydrogens (tertiary/aromatic N) is 1. The van der Waals surface area contributed by atoms with Gasteiger partial charge in [-0.25, -0.2) is 4.79 Å². The van der Waals surface area contributed by atoms with Gasteiger partial charge in [0.05, 0.1) is 11.6 Å². The van der Waals surface area contributed by atoms with Gasteiger partial charge in [0.15, 0.2) is 0 Å². The number of aromatic carboxylic acids is 1. The number of carbonyl (C=O) groups is 1. The molecule has 0 atom stereocenters. The number of hydrogen-bond donors (Lipinski definition) is 2. The van der Waals surface area contributed by atoms with Crippen LogP contribution < -0.4 is 10.5 Å². The normalized spacial score (nSPS) is 11.1. The molecule has 0 amide bonds. The Morgan fingerprint density at radius 2 is 1.76 bits per heavy atom. The van der Waals surface area contributed by atoms with Crippen molar-refractivity contribution in [3.05, 3.63) is 88.0 Å². The number of aromatic nitrogens is 1. The van der Waals surface area contributed by atoms with E-state index in [9.17, 15) is 9.90 Å². The molecule has 0 bridgehead atoms. The van der Waals surface area contributed by atoms with Gasteiger partial charge in [0.25, 0.3) is 0 Å². The van der Waals surface area contributed by atoms with Crippen LogP contribution in [0.15, 0.2) is 66.7 Å². The van der Waals surface area contributed by atoms with Gasteiger partial charge in [0.1, 0.15) is 11.4 Å². The molecule has 0 fully saturated rings. The summed E-state index contributed by atoms with van der Waals surface area (Å²) in [4.78, 5) is 12.4. The second kappa shape index (κ2) is 10.3. The Morgan fingerprint density at radius 3 is 2.52 bits per heavy atom. The number of aryl methyl sites for hydroxylation is 1. The highest BCUT2D eigenvalue weighted by atomic mass is 35.5. The van der Waals surface area contributed by atoms with E-state index in [1.165, 1.54) is 0 Å². The summed E-state index contributed by atoms with van der Waals surface area (Å²) < 4.78 is 7.65. The van der Waals surface area contributed by atoms with E-state index in [4.69, 9.17) is 33.7 Å². The molecular formula is C26H24Cl2N2O3. The van der Waals surface area contributed by atoms with Crippen LogP contribution >= 0.6 is 23.2 Å². The predicted octanol–water partition coefficient (Wildman–Crippen LogP) is 6.63. The van der Waals surface area contributed by atoms with Crippen molar-refractivity contribution in [2.75, 3.05) is 6.61 Å². The lowest BCUT2D eigenvalue weighted by Crippen LogP contribution is -2.11. The average Bonchev–Trinajstić information content (AvgIpc) is 3.14. The monoisotopic (exact) mass is 482 g/mol. The maximum atomic E-state index is 12.4. The lowest BCUT2D eigenvalue weighted by Gasteiger charge is -2.12. The molecule has 0 aliphatic heterocycles. The first kappa shape index (κ1) is 23.2. The number of nitrogens with two attached hydrogens (primary N) is 1. The Bertz CT molecular complexity index is 1300. The first-order chi connectivity index (χ1) is 16.0. The van der Waals surface area contributed by atoms with Gasteiger partial charge in [-0.3, -0.25) is 0 Å². The molecule has 3 aromatic carbocycles. The van der Waals surface area contributed by atoms with Gasteiger partial charge in [0, 0.05) is 34.6 Å². The Hall–Kier alpha value is -2.99. The van der Waals surface area contributed by atoms with Crippen molar-refractivity contribution in [1.82, 2.24) is 4.57 Å². The number of hydrogen-bond acceptors (Lipinski definition) is 3. The van der Waals surface area contributed by atoms with Crippen LogP contribution in [0.5, 0.6) is 5.75 Å². The summed E-state index contributed by atoms with van der Waals surface area (Å²) >= 11 is 12.1. The minimum absolute atomic E-state index is 0.277. The molecule has 0 spiro atoms. The first-order valence-corrected chi connectivity index (χ1v) is 11.5. The quantitative estimate of drug-likeness (QED) is 0.262. The molecule has 3 N–H and O–H groups in total. The third-order valence-electron chi connectivity index (χ3n) is 5.61. The minimum Gasteiger partial charge on any atom is -0.492 e. The van der Waals surface area contributed by atoms with Crippen molar-refractivity contribution in [2.24, 2.45) is 5.73 Å². The Labute approximate surface area is 202 Å². The van der Waals surface area contributed by atoms with E-state index in [0.717, 1.165) is 34.9 Å². The zero-order valence-electron chi connectivity index (χ0n) is 17.9. The predicted molar refractivity (Wildman–Crippen MR) is 133 cm³/mol. The van der Waals surface area contributed by atoms with Crippen LogP contribution in [0.25, 0.3) is 22.0 Å². The van der Waals surface area contributed by atoms with E-state index in [1.807, 2.05) is 53.1 Å². The van der Waals surface area contributed by atoms with Crippen molar-refractivity contribution in [2.45, 2.75) is 25.9 Å². The van der Waals surface area contributed by atoms with Crippen LogP contribution in [-0.4, -0.2) is 22.2 Å². The number of fused-ring (bicyclic) bond motifs is 1. The number of para-hydroxylation sites is 1. The maximum absolute atomic E-state index is 12.4. The number of rotatable bonds is 9. The number of halogens is 2. The number of benzene rings is 3. The highest BCUT2D eigenvalue weighted by Gasteiger charge is 2.24. The molecule has 0 unspecified atom stereocenters. The Kier molecular flexibility index (Phi) is 7.23. The fourth-order valence-electron chi connectivity index (χ4n) is 4.12. The minimum atomic E-state index is -0.961. The number of ether oxygens (including phenoxy) is 1. The molecule has 0 aliphatic carbocycles. The second-order valence-electron chi connectivity index (χ2n) is 7.69. The molecule has 5 nitrogen and oxygen atoms in total. The summed E-state index contributed by atoms with van der Waals surface area (Å²) in [5.41, 5.74) is 9.60.